The van der Waals surface area contributed by atoms with Gasteiger partial charge < -0.3 is 9.67 Å². The lowest BCUT2D eigenvalue weighted by molar-refractivity contribution is -0.137. The van der Waals surface area contributed by atoms with Crippen LogP contribution in [0, 0.1) is 0 Å². The molecular weight excluding hydrogens is 298 g/mol. The molecule has 2 aromatic rings. The maximum atomic E-state index is 12.1. The van der Waals surface area contributed by atoms with E-state index in [2.05, 4.69) is 4.99 Å². The van der Waals surface area contributed by atoms with Crippen molar-refractivity contribution in [3.8, 4) is 0 Å². The Morgan fingerprint density at radius 3 is 2.65 bits per heavy atom. The summed E-state index contributed by atoms with van der Waals surface area (Å²) in [5, 5.41) is 9.87. The van der Waals surface area contributed by atoms with Gasteiger partial charge in [-0.3, -0.25) is 14.5 Å². The minimum atomic E-state index is -0.945. The Hall–Kier alpha value is -2.96. The third-order valence-corrected chi connectivity index (χ3v) is 3.80. The summed E-state index contributed by atoms with van der Waals surface area (Å²) in [7, 11) is 0. The van der Waals surface area contributed by atoms with Gasteiger partial charge in [-0.1, -0.05) is 18.2 Å². The number of aromatic nitrogens is 1. The SMILES string of the molecule is CCN1C(=O)N=C(Cc2cn(CC(=O)O)c3ccccc23)C1=O. The van der Waals surface area contributed by atoms with E-state index in [-0.39, 0.29) is 31.1 Å². The van der Waals surface area contributed by atoms with E-state index in [0.29, 0.717) is 0 Å². The van der Waals surface area contributed by atoms with Crippen LogP contribution >= 0.6 is 0 Å². The van der Waals surface area contributed by atoms with Gasteiger partial charge in [0.2, 0.25) is 0 Å². The van der Waals surface area contributed by atoms with Crippen molar-refractivity contribution in [3.05, 3.63) is 36.0 Å². The average Bonchev–Trinajstić information content (AvgIpc) is 2.98. The van der Waals surface area contributed by atoms with Gasteiger partial charge in [-0.15, -0.1) is 0 Å². The van der Waals surface area contributed by atoms with Crippen LogP contribution in [0.15, 0.2) is 35.5 Å². The second kappa shape index (κ2) is 5.68. The molecule has 7 heteroatoms. The normalized spacial score (nSPS) is 14.7. The number of benzene rings is 1. The van der Waals surface area contributed by atoms with E-state index in [4.69, 9.17) is 5.11 Å². The van der Waals surface area contributed by atoms with Crippen LogP contribution in [-0.2, 0) is 22.6 Å². The van der Waals surface area contributed by atoms with E-state index in [1.807, 2.05) is 24.3 Å². The number of imide groups is 1. The molecule has 1 aromatic heterocycles. The van der Waals surface area contributed by atoms with Crippen molar-refractivity contribution >= 4 is 34.5 Å². The molecular formula is C16H15N3O4. The Balaban J connectivity index is 1.98. The number of urea groups is 1. The maximum absolute atomic E-state index is 12.1. The number of para-hydroxylation sites is 1. The highest BCUT2D eigenvalue weighted by atomic mass is 16.4. The van der Waals surface area contributed by atoms with E-state index in [0.717, 1.165) is 21.4 Å². The van der Waals surface area contributed by atoms with Crippen LogP contribution < -0.4 is 0 Å². The molecule has 1 aliphatic heterocycles. The zero-order chi connectivity index (χ0) is 16.6. The van der Waals surface area contributed by atoms with Gasteiger partial charge in [0.1, 0.15) is 12.3 Å². The molecule has 0 aliphatic carbocycles. The topological polar surface area (TPSA) is 92.0 Å². The highest BCUT2D eigenvalue weighted by molar-refractivity contribution is 6.46. The quantitative estimate of drug-likeness (QED) is 0.909. The highest BCUT2D eigenvalue weighted by Crippen LogP contribution is 2.23. The van der Waals surface area contributed by atoms with Gasteiger partial charge in [0, 0.05) is 30.1 Å². The first-order chi connectivity index (χ1) is 11.0. The first kappa shape index (κ1) is 15.0. The Morgan fingerprint density at radius 2 is 2.00 bits per heavy atom. The summed E-state index contributed by atoms with van der Waals surface area (Å²) < 4.78 is 1.62. The number of aliphatic carboxylic acids is 1. The molecule has 3 rings (SSSR count). The summed E-state index contributed by atoms with van der Waals surface area (Å²) >= 11 is 0. The number of carbonyl (C=O) groups excluding carboxylic acids is 2. The molecule has 118 valence electrons. The van der Waals surface area contributed by atoms with Crippen molar-refractivity contribution in [3.63, 3.8) is 0 Å². The number of carboxylic acids is 1. The zero-order valence-corrected chi connectivity index (χ0v) is 12.5. The van der Waals surface area contributed by atoms with Crippen LogP contribution in [-0.4, -0.2) is 44.7 Å². The molecule has 2 heterocycles. The number of rotatable bonds is 5. The van der Waals surface area contributed by atoms with E-state index in [9.17, 15) is 14.4 Å². The molecule has 0 radical (unpaired) electrons. The largest absolute Gasteiger partial charge is 0.480 e. The van der Waals surface area contributed by atoms with Crippen LogP contribution in [0.3, 0.4) is 0 Å². The Bertz CT molecular complexity index is 850. The second-order valence-electron chi connectivity index (χ2n) is 5.26. The van der Waals surface area contributed by atoms with E-state index >= 15 is 0 Å². The number of carboxylic acid groups (broad SMARTS) is 1. The van der Waals surface area contributed by atoms with Gasteiger partial charge in [0.25, 0.3) is 5.91 Å². The van der Waals surface area contributed by atoms with E-state index in [1.54, 1.807) is 17.7 Å². The number of carbonyl (C=O) groups is 3. The standard InChI is InChI=1S/C16H15N3O4/c1-2-19-15(22)12(17-16(19)23)7-10-8-18(9-14(20)21)13-6-4-3-5-11(10)13/h3-6,8H,2,7,9H2,1H3,(H,20,21). The Kier molecular flexibility index (Phi) is 3.69. The third kappa shape index (κ3) is 2.61. The molecule has 7 nitrogen and oxygen atoms in total. The summed E-state index contributed by atoms with van der Waals surface area (Å²) in [6.07, 6.45) is 1.90. The molecule has 1 aliphatic rings. The van der Waals surface area contributed by atoms with E-state index < -0.39 is 12.0 Å². The highest BCUT2D eigenvalue weighted by Gasteiger charge is 2.32. The molecule has 0 saturated heterocycles. The molecule has 0 bridgehead atoms. The zero-order valence-electron chi connectivity index (χ0n) is 12.5. The smallest absolute Gasteiger partial charge is 0.350 e. The summed E-state index contributed by atoms with van der Waals surface area (Å²) in [6, 6.07) is 6.82. The predicted molar refractivity (Wildman–Crippen MR) is 83.5 cm³/mol. The van der Waals surface area contributed by atoms with Gasteiger partial charge in [-0.2, -0.15) is 4.99 Å². The number of hydrogen-bond donors (Lipinski definition) is 1. The molecule has 0 atom stereocenters. The fourth-order valence-electron chi connectivity index (χ4n) is 2.78. The molecule has 0 saturated carbocycles. The summed E-state index contributed by atoms with van der Waals surface area (Å²) in [4.78, 5) is 39.7. The van der Waals surface area contributed by atoms with Crippen molar-refractivity contribution in [1.82, 2.24) is 9.47 Å². The number of aliphatic imine (C=N–C) groups is 1. The average molecular weight is 313 g/mol. The van der Waals surface area contributed by atoms with Gasteiger partial charge in [0.15, 0.2) is 0 Å². The summed E-state index contributed by atoms with van der Waals surface area (Å²) in [5.41, 5.74) is 1.74. The second-order valence-corrected chi connectivity index (χ2v) is 5.26. The van der Waals surface area contributed by atoms with Gasteiger partial charge in [-0.25, -0.2) is 4.79 Å². The molecule has 1 aromatic carbocycles. The third-order valence-electron chi connectivity index (χ3n) is 3.80. The van der Waals surface area contributed by atoms with Crippen LogP contribution in [0.2, 0.25) is 0 Å². The number of hydrogen-bond acceptors (Lipinski definition) is 3. The van der Waals surface area contributed by atoms with Crippen LogP contribution in [0.4, 0.5) is 4.79 Å². The van der Waals surface area contributed by atoms with E-state index in [1.165, 1.54) is 0 Å². The van der Waals surface area contributed by atoms with Crippen molar-refractivity contribution in [1.29, 1.82) is 0 Å². The van der Waals surface area contributed by atoms with Crippen molar-refractivity contribution in [2.75, 3.05) is 6.54 Å². The fraction of sp³-hybridized carbons (Fsp3) is 0.250. The lowest BCUT2D eigenvalue weighted by Gasteiger charge is -2.08. The molecule has 23 heavy (non-hydrogen) atoms. The number of fused-ring (bicyclic) bond motifs is 1. The van der Waals surface area contributed by atoms with Gasteiger partial charge >= 0.3 is 12.0 Å². The van der Waals surface area contributed by atoms with Crippen molar-refractivity contribution in [2.45, 2.75) is 19.9 Å². The number of nitrogens with zero attached hydrogens (tertiary/aromatic N) is 3. The number of amides is 3. The fourth-order valence-corrected chi connectivity index (χ4v) is 2.78. The van der Waals surface area contributed by atoms with Crippen molar-refractivity contribution in [2.24, 2.45) is 4.99 Å². The minimum Gasteiger partial charge on any atom is -0.480 e. The predicted octanol–water partition coefficient (Wildman–Crippen LogP) is 1.69. The van der Waals surface area contributed by atoms with Crippen LogP contribution in [0.1, 0.15) is 12.5 Å². The summed E-state index contributed by atoms with van der Waals surface area (Å²) in [5.74, 6) is -1.33. The Labute approximate surface area is 131 Å². The lowest BCUT2D eigenvalue weighted by atomic mass is 10.1. The molecule has 1 N–H and O–H groups in total. The first-order valence-corrected chi connectivity index (χ1v) is 7.23. The van der Waals surface area contributed by atoms with Crippen LogP contribution in [0.25, 0.3) is 10.9 Å². The van der Waals surface area contributed by atoms with Gasteiger partial charge in [-0.05, 0) is 18.6 Å². The maximum Gasteiger partial charge on any atom is 0.350 e. The van der Waals surface area contributed by atoms with Gasteiger partial charge in [0.05, 0.1) is 0 Å². The first-order valence-electron chi connectivity index (χ1n) is 7.23. The minimum absolute atomic E-state index is 0.166. The monoisotopic (exact) mass is 313 g/mol. The lowest BCUT2D eigenvalue weighted by Crippen LogP contribution is -2.32. The molecule has 0 fully saturated rings. The van der Waals surface area contributed by atoms with Crippen molar-refractivity contribution < 1.29 is 19.5 Å². The Morgan fingerprint density at radius 1 is 1.26 bits per heavy atom. The molecule has 0 spiro atoms. The summed E-state index contributed by atoms with van der Waals surface area (Å²) in [6.45, 7) is 1.83. The molecule has 0 unspecified atom stereocenters. The molecule has 3 amide bonds. The van der Waals surface area contributed by atoms with Crippen LogP contribution in [0.5, 0.6) is 0 Å².